The summed E-state index contributed by atoms with van der Waals surface area (Å²) in [6.45, 7) is -0.0373. The first-order valence-corrected chi connectivity index (χ1v) is 8.79. The van der Waals surface area contributed by atoms with E-state index in [1.807, 2.05) is 19.0 Å². The Morgan fingerprint density at radius 3 is 2.71 bits per heavy atom. The van der Waals surface area contributed by atoms with E-state index in [4.69, 9.17) is 0 Å². The molecule has 1 aromatic heterocycles. The lowest BCUT2D eigenvalue weighted by Crippen LogP contribution is -2.46. The molecule has 2 amide bonds. The highest BCUT2D eigenvalue weighted by molar-refractivity contribution is 5.97. The van der Waals surface area contributed by atoms with Crippen LogP contribution in [-0.4, -0.2) is 76.9 Å². The van der Waals surface area contributed by atoms with E-state index in [2.05, 4.69) is 10.3 Å². The topological polar surface area (TPSA) is 103 Å². The third-order valence-electron chi connectivity index (χ3n) is 4.90. The summed E-state index contributed by atoms with van der Waals surface area (Å²) in [6.07, 6.45) is 0.338. The van der Waals surface area contributed by atoms with Crippen molar-refractivity contribution in [3.8, 4) is 0 Å². The highest BCUT2D eigenvalue weighted by Crippen LogP contribution is 2.21. The van der Waals surface area contributed by atoms with Crippen LogP contribution < -0.4 is 5.32 Å². The summed E-state index contributed by atoms with van der Waals surface area (Å²) in [5, 5.41) is 12.4. The molecule has 0 aliphatic carbocycles. The van der Waals surface area contributed by atoms with Gasteiger partial charge in [-0.25, -0.2) is 14.2 Å². The van der Waals surface area contributed by atoms with E-state index in [9.17, 15) is 23.9 Å². The van der Waals surface area contributed by atoms with Gasteiger partial charge in [-0.2, -0.15) is 0 Å². The molecule has 2 aromatic rings. The zero-order valence-electron chi connectivity index (χ0n) is 15.6. The van der Waals surface area contributed by atoms with Crippen LogP contribution in [0.3, 0.4) is 0 Å². The minimum atomic E-state index is -1.06. The number of benzene rings is 1. The molecule has 28 heavy (non-hydrogen) atoms. The number of hydrogen-bond acceptors (Lipinski definition) is 5. The van der Waals surface area contributed by atoms with Crippen LogP contribution in [0.15, 0.2) is 30.3 Å². The van der Waals surface area contributed by atoms with Crippen LogP contribution in [0.2, 0.25) is 0 Å². The molecule has 1 aromatic carbocycles. The molecule has 9 heteroatoms. The summed E-state index contributed by atoms with van der Waals surface area (Å²) >= 11 is 0. The molecule has 0 bridgehead atoms. The Hall–Kier alpha value is -3.07. The number of likely N-dealkylation sites (N-methyl/N-ethyl adjacent to an activating group) is 1. The first-order chi connectivity index (χ1) is 13.3. The molecule has 1 saturated heterocycles. The highest BCUT2D eigenvalue weighted by atomic mass is 19.1. The summed E-state index contributed by atoms with van der Waals surface area (Å²) in [5.41, 5.74) is 0.550. The molecule has 8 nitrogen and oxygen atoms in total. The molecule has 2 atom stereocenters. The number of nitrogens with zero attached hydrogens (tertiary/aromatic N) is 3. The van der Waals surface area contributed by atoms with Crippen molar-refractivity contribution in [1.82, 2.24) is 20.1 Å². The largest absolute Gasteiger partial charge is 0.480 e. The Bertz CT molecular complexity index is 933. The van der Waals surface area contributed by atoms with Crippen molar-refractivity contribution >= 4 is 28.7 Å². The predicted molar refractivity (Wildman–Crippen MR) is 99.3 cm³/mol. The summed E-state index contributed by atoms with van der Waals surface area (Å²) in [7, 11) is 3.66. The summed E-state index contributed by atoms with van der Waals surface area (Å²) in [4.78, 5) is 43.6. The van der Waals surface area contributed by atoms with Gasteiger partial charge >= 0.3 is 5.97 Å². The predicted octanol–water partition coefficient (Wildman–Crippen LogP) is 0.719. The molecular weight excluding hydrogens is 367 g/mol. The van der Waals surface area contributed by atoms with E-state index in [0.717, 1.165) is 0 Å². The number of carbonyl (C=O) groups excluding carboxylic acids is 2. The standard InChI is InChI=1S/C19H21FN4O4/c1-23(2)13-8-16(19(27)28)24(10-13)17(25)9-21-18(26)15-5-3-11-7-12(20)4-6-14(11)22-15/h3-7,13,16H,8-10H2,1-2H3,(H,21,26)(H,27,28)/t13-,16+/m1/s1. The molecule has 0 saturated carbocycles. The molecular formula is C19H21FN4O4. The van der Waals surface area contributed by atoms with E-state index in [1.165, 1.54) is 29.2 Å². The molecule has 1 aliphatic heterocycles. The maximum atomic E-state index is 13.2. The average Bonchev–Trinajstić information content (AvgIpc) is 3.11. The molecule has 0 spiro atoms. The number of carboxylic acid groups (broad SMARTS) is 1. The monoisotopic (exact) mass is 388 g/mol. The van der Waals surface area contributed by atoms with Gasteiger partial charge in [0.15, 0.2) is 0 Å². The number of nitrogens with one attached hydrogen (secondary N) is 1. The molecule has 0 radical (unpaired) electrons. The first-order valence-electron chi connectivity index (χ1n) is 8.79. The molecule has 1 aliphatic rings. The number of likely N-dealkylation sites (tertiary alicyclic amines) is 1. The molecule has 3 rings (SSSR count). The smallest absolute Gasteiger partial charge is 0.326 e. The Labute approximate surface area is 160 Å². The van der Waals surface area contributed by atoms with Crippen molar-refractivity contribution in [3.05, 3.63) is 41.8 Å². The van der Waals surface area contributed by atoms with Crippen LogP contribution in [0.25, 0.3) is 10.9 Å². The number of hydrogen-bond donors (Lipinski definition) is 2. The molecule has 0 unspecified atom stereocenters. The number of rotatable bonds is 5. The van der Waals surface area contributed by atoms with Gasteiger partial charge in [0, 0.05) is 18.0 Å². The van der Waals surface area contributed by atoms with Gasteiger partial charge in [-0.3, -0.25) is 9.59 Å². The fourth-order valence-corrected chi connectivity index (χ4v) is 3.27. The van der Waals surface area contributed by atoms with E-state index in [1.54, 1.807) is 6.07 Å². The zero-order chi connectivity index (χ0) is 20.4. The van der Waals surface area contributed by atoms with Crippen molar-refractivity contribution in [2.75, 3.05) is 27.2 Å². The van der Waals surface area contributed by atoms with Crippen molar-refractivity contribution in [2.24, 2.45) is 0 Å². The van der Waals surface area contributed by atoms with Crippen LogP contribution in [0, 0.1) is 5.82 Å². The molecule has 2 heterocycles. The Morgan fingerprint density at radius 2 is 2.04 bits per heavy atom. The second kappa shape index (κ2) is 7.89. The number of amides is 2. The third-order valence-corrected chi connectivity index (χ3v) is 4.90. The van der Waals surface area contributed by atoms with Crippen LogP contribution in [0.1, 0.15) is 16.9 Å². The summed E-state index contributed by atoms with van der Waals surface area (Å²) in [5.74, 6) is -2.48. The van der Waals surface area contributed by atoms with Gasteiger partial charge in [-0.15, -0.1) is 0 Å². The number of pyridine rings is 1. The molecule has 2 N–H and O–H groups in total. The van der Waals surface area contributed by atoms with Gasteiger partial charge in [0.25, 0.3) is 5.91 Å². The summed E-state index contributed by atoms with van der Waals surface area (Å²) < 4.78 is 13.2. The highest BCUT2D eigenvalue weighted by Gasteiger charge is 2.40. The SMILES string of the molecule is CN(C)[C@@H]1C[C@@H](C(=O)O)N(C(=O)CNC(=O)c2ccc3cc(F)ccc3n2)C1. The Kier molecular flexibility index (Phi) is 5.55. The lowest BCUT2D eigenvalue weighted by atomic mass is 10.1. The number of fused-ring (bicyclic) bond motifs is 1. The lowest BCUT2D eigenvalue weighted by molar-refractivity contribution is -0.147. The maximum absolute atomic E-state index is 13.2. The second-order valence-corrected chi connectivity index (χ2v) is 6.97. The number of halogens is 1. The van der Waals surface area contributed by atoms with Gasteiger partial charge in [0.05, 0.1) is 12.1 Å². The number of carboxylic acids is 1. The minimum absolute atomic E-state index is 0.0525. The fraction of sp³-hybridized carbons (Fsp3) is 0.368. The van der Waals surface area contributed by atoms with Crippen molar-refractivity contribution in [3.63, 3.8) is 0 Å². The van der Waals surface area contributed by atoms with E-state index >= 15 is 0 Å². The number of aliphatic carboxylic acids is 1. The van der Waals surface area contributed by atoms with Crippen LogP contribution in [-0.2, 0) is 9.59 Å². The molecule has 1 fully saturated rings. The zero-order valence-corrected chi connectivity index (χ0v) is 15.6. The summed E-state index contributed by atoms with van der Waals surface area (Å²) in [6, 6.07) is 6.09. The van der Waals surface area contributed by atoms with E-state index in [0.29, 0.717) is 23.9 Å². The van der Waals surface area contributed by atoms with Crippen molar-refractivity contribution in [1.29, 1.82) is 0 Å². The van der Waals surface area contributed by atoms with Gasteiger partial charge in [0.1, 0.15) is 17.6 Å². The van der Waals surface area contributed by atoms with E-state index < -0.39 is 29.6 Å². The normalized spacial score (nSPS) is 19.2. The quantitative estimate of drug-likeness (QED) is 0.783. The van der Waals surface area contributed by atoms with Crippen molar-refractivity contribution in [2.45, 2.75) is 18.5 Å². The van der Waals surface area contributed by atoms with E-state index in [-0.39, 0.29) is 18.3 Å². The Balaban J connectivity index is 1.66. The average molecular weight is 388 g/mol. The second-order valence-electron chi connectivity index (χ2n) is 6.97. The molecule has 148 valence electrons. The third kappa shape index (κ3) is 4.09. The number of aromatic nitrogens is 1. The van der Waals surface area contributed by atoms with Crippen LogP contribution >= 0.6 is 0 Å². The number of carbonyl (C=O) groups is 3. The lowest BCUT2D eigenvalue weighted by Gasteiger charge is -2.22. The van der Waals surface area contributed by atoms with Crippen molar-refractivity contribution < 1.29 is 23.9 Å². The van der Waals surface area contributed by atoms with Crippen LogP contribution in [0.5, 0.6) is 0 Å². The van der Waals surface area contributed by atoms with Crippen LogP contribution in [0.4, 0.5) is 4.39 Å². The van der Waals surface area contributed by atoms with Gasteiger partial charge in [0.2, 0.25) is 5.91 Å². The maximum Gasteiger partial charge on any atom is 0.326 e. The van der Waals surface area contributed by atoms with Gasteiger partial charge in [-0.05, 0) is 44.8 Å². The Morgan fingerprint density at radius 1 is 1.29 bits per heavy atom. The minimum Gasteiger partial charge on any atom is -0.480 e. The van der Waals surface area contributed by atoms with Gasteiger partial charge in [-0.1, -0.05) is 6.07 Å². The fourth-order valence-electron chi connectivity index (χ4n) is 3.27. The van der Waals surface area contributed by atoms with Gasteiger partial charge < -0.3 is 20.2 Å². The first kappa shape index (κ1) is 19.7.